The Morgan fingerprint density at radius 2 is 1.93 bits per heavy atom. The van der Waals surface area contributed by atoms with Gasteiger partial charge in [0, 0.05) is 27.6 Å². The molecule has 4 rings (SSSR count). The van der Waals surface area contributed by atoms with Crippen LogP contribution in [0.5, 0.6) is 0 Å². The highest BCUT2D eigenvalue weighted by Gasteiger charge is 2.11. The number of hydrogen-bond acceptors (Lipinski definition) is 4. The fourth-order valence-corrected chi connectivity index (χ4v) is 3.65. The number of nitrogens with zero attached hydrogens (tertiary/aromatic N) is 2. The molecule has 136 valence electrons. The summed E-state index contributed by atoms with van der Waals surface area (Å²) in [4.78, 5) is 4.50. The van der Waals surface area contributed by atoms with Crippen LogP contribution >= 0.6 is 22.9 Å². The molecule has 0 amide bonds. The number of benzene rings is 2. The maximum Gasteiger partial charge on any atom is 0.134 e. The molecular weight excluding hydrogens is 395 g/mol. The van der Waals surface area contributed by atoms with Gasteiger partial charge in [0.1, 0.15) is 28.4 Å². The third kappa shape index (κ3) is 3.89. The Bertz CT molecular complexity index is 1200. The van der Waals surface area contributed by atoms with Gasteiger partial charge in [0.2, 0.25) is 0 Å². The van der Waals surface area contributed by atoms with Gasteiger partial charge in [-0.05, 0) is 48.5 Å². The zero-order valence-corrected chi connectivity index (χ0v) is 16.0. The number of aromatic nitrogens is 1. The van der Waals surface area contributed by atoms with E-state index >= 15 is 0 Å². The first-order valence-corrected chi connectivity index (χ1v) is 9.57. The molecule has 0 radical (unpaired) electrons. The maximum atomic E-state index is 13.1. The molecule has 0 unspecified atom stereocenters. The van der Waals surface area contributed by atoms with Crippen LogP contribution in [-0.4, -0.2) is 4.98 Å². The van der Waals surface area contributed by atoms with E-state index in [1.54, 1.807) is 30.3 Å². The minimum Gasteiger partial charge on any atom is -0.457 e. The molecule has 0 saturated heterocycles. The molecule has 2 heterocycles. The highest BCUT2D eigenvalue weighted by atomic mass is 35.5. The molecule has 0 saturated carbocycles. The predicted octanol–water partition coefficient (Wildman–Crippen LogP) is 6.93. The molecule has 2 aromatic carbocycles. The second kappa shape index (κ2) is 7.81. The van der Waals surface area contributed by atoms with Crippen LogP contribution in [0, 0.1) is 17.1 Å². The smallest absolute Gasteiger partial charge is 0.134 e. The van der Waals surface area contributed by atoms with Crippen molar-refractivity contribution in [2.75, 3.05) is 0 Å². The first kappa shape index (κ1) is 18.2. The minimum atomic E-state index is -0.301. The van der Waals surface area contributed by atoms with E-state index in [0.29, 0.717) is 32.8 Å². The van der Waals surface area contributed by atoms with E-state index in [9.17, 15) is 9.65 Å². The van der Waals surface area contributed by atoms with Gasteiger partial charge in [-0.15, -0.1) is 11.3 Å². The zero-order chi connectivity index (χ0) is 19.5. The van der Waals surface area contributed by atoms with Gasteiger partial charge in [0.05, 0.1) is 11.3 Å². The number of halogens is 2. The average Bonchev–Trinajstić information content (AvgIpc) is 3.37. The Balaban J connectivity index is 1.62. The largest absolute Gasteiger partial charge is 0.457 e. The fraction of sp³-hybridized carbons (Fsp3) is 0. The van der Waals surface area contributed by atoms with Gasteiger partial charge < -0.3 is 4.42 Å². The molecule has 0 atom stereocenters. The molecular formula is C22H12ClFN2OS. The number of rotatable bonds is 4. The van der Waals surface area contributed by atoms with Crippen LogP contribution in [0.15, 0.2) is 70.5 Å². The normalized spacial score (nSPS) is 11.4. The lowest BCUT2D eigenvalue weighted by Crippen LogP contribution is -1.83. The summed E-state index contributed by atoms with van der Waals surface area (Å²) >= 11 is 7.38. The van der Waals surface area contributed by atoms with Gasteiger partial charge in [0.15, 0.2) is 0 Å². The molecule has 3 nitrogen and oxygen atoms in total. The van der Waals surface area contributed by atoms with Crippen molar-refractivity contribution >= 4 is 34.6 Å². The Morgan fingerprint density at radius 1 is 1.11 bits per heavy atom. The van der Waals surface area contributed by atoms with Crippen LogP contribution in [-0.2, 0) is 0 Å². The molecule has 2 aromatic heterocycles. The van der Waals surface area contributed by atoms with Crippen molar-refractivity contribution in [1.82, 2.24) is 4.98 Å². The lowest BCUT2D eigenvalue weighted by molar-refractivity contribution is 0.572. The van der Waals surface area contributed by atoms with Crippen LogP contribution in [0.25, 0.3) is 34.2 Å². The van der Waals surface area contributed by atoms with Gasteiger partial charge in [-0.1, -0.05) is 23.7 Å². The van der Waals surface area contributed by atoms with Gasteiger partial charge in [0.25, 0.3) is 0 Å². The maximum absolute atomic E-state index is 13.1. The van der Waals surface area contributed by atoms with Crippen LogP contribution in [0.2, 0.25) is 5.02 Å². The van der Waals surface area contributed by atoms with E-state index in [0.717, 1.165) is 11.1 Å². The quantitative estimate of drug-likeness (QED) is 0.345. The first-order valence-electron chi connectivity index (χ1n) is 8.32. The second-order valence-electron chi connectivity index (χ2n) is 5.93. The average molecular weight is 407 g/mol. The monoisotopic (exact) mass is 406 g/mol. The number of furan rings is 1. The summed E-state index contributed by atoms with van der Waals surface area (Å²) in [6.45, 7) is 0. The van der Waals surface area contributed by atoms with E-state index in [1.165, 1.54) is 23.5 Å². The zero-order valence-electron chi connectivity index (χ0n) is 14.4. The van der Waals surface area contributed by atoms with E-state index in [1.807, 2.05) is 29.6 Å². The Labute approximate surface area is 170 Å². The van der Waals surface area contributed by atoms with Crippen molar-refractivity contribution < 1.29 is 8.81 Å². The molecule has 0 fully saturated rings. The molecule has 0 aliphatic heterocycles. The molecule has 0 spiro atoms. The van der Waals surface area contributed by atoms with Crippen molar-refractivity contribution in [3.63, 3.8) is 0 Å². The Hall–Kier alpha value is -3.20. The molecule has 0 bridgehead atoms. The van der Waals surface area contributed by atoms with Crippen molar-refractivity contribution in [3.8, 4) is 28.7 Å². The number of allylic oxidation sites excluding steroid dienone is 1. The fourth-order valence-electron chi connectivity index (χ4n) is 2.66. The van der Waals surface area contributed by atoms with E-state index < -0.39 is 0 Å². The lowest BCUT2D eigenvalue weighted by atomic mass is 10.2. The van der Waals surface area contributed by atoms with Gasteiger partial charge in [-0.2, -0.15) is 5.26 Å². The molecule has 4 aromatic rings. The molecule has 28 heavy (non-hydrogen) atoms. The summed E-state index contributed by atoms with van der Waals surface area (Å²) in [5, 5.41) is 12.6. The first-order chi connectivity index (χ1) is 13.6. The SMILES string of the molecule is N#CC(=Cc1ccc(-c2cccc(Cl)c2)o1)c1nc(-c2ccc(F)cc2)cs1. The van der Waals surface area contributed by atoms with Gasteiger partial charge >= 0.3 is 0 Å². The Morgan fingerprint density at radius 3 is 2.68 bits per heavy atom. The predicted molar refractivity (Wildman–Crippen MR) is 110 cm³/mol. The summed E-state index contributed by atoms with van der Waals surface area (Å²) < 4.78 is 18.9. The molecule has 0 aliphatic rings. The Kier molecular flexibility index (Phi) is 5.07. The highest BCUT2D eigenvalue weighted by molar-refractivity contribution is 7.11. The third-order valence-corrected chi connectivity index (χ3v) is 5.13. The lowest BCUT2D eigenvalue weighted by Gasteiger charge is -1.97. The van der Waals surface area contributed by atoms with Crippen LogP contribution in [0.3, 0.4) is 0 Å². The summed E-state index contributed by atoms with van der Waals surface area (Å²) in [5.41, 5.74) is 2.74. The number of hydrogen-bond donors (Lipinski definition) is 0. The van der Waals surface area contributed by atoms with Gasteiger partial charge in [-0.25, -0.2) is 9.37 Å². The summed E-state index contributed by atoms with van der Waals surface area (Å²) in [6.07, 6.45) is 1.65. The summed E-state index contributed by atoms with van der Waals surface area (Å²) in [5.74, 6) is 0.910. The molecule has 0 aliphatic carbocycles. The standard InChI is InChI=1S/C22H12ClFN2OS/c23-17-3-1-2-15(10-17)21-9-8-19(27-21)11-16(12-25)22-26-20(13-28-22)14-4-6-18(24)7-5-14/h1-11,13H. The number of nitriles is 1. The second-order valence-corrected chi connectivity index (χ2v) is 7.22. The van der Waals surface area contributed by atoms with Crippen molar-refractivity contribution in [2.45, 2.75) is 0 Å². The van der Waals surface area contributed by atoms with Crippen molar-refractivity contribution in [2.24, 2.45) is 0 Å². The van der Waals surface area contributed by atoms with Crippen molar-refractivity contribution in [1.29, 1.82) is 5.26 Å². The minimum absolute atomic E-state index is 0.301. The number of thiazole rings is 1. The third-order valence-electron chi connectivity index (χ3n) is 4.02. The van der Waals surface area contributed by atoms with Crippen LogP contribution < -0.4 is 0 Å². The van der Waals surface area contributed by atoms with Crippen molar-refractivity contribution in [3.05, 3.63) is 87.7 Å². The topological polar surface area (TPSA) is 49.8 Å². The van der Waals surface area contributed by atoms with E-state index in [4.69, 9.17) is 16.0 Å². The van der Waals surface area contributed by atoms with E-state index in [-0.39, 0.29) is 5.82 Å². The summed E-state index contributed by atoms with van der Waals surface area (Å²) in [7, 11) is 0. The molecule has 6 heteroatoms. The highest BCUT2D eigenvalue weighted by Crippen LogP contribution is 2.29. The van der Waals surface area contributed by atoms with Gasteiger partial charge in [-0.3, -0.25) is 0 Å². The molecule has 0 N–H and O–H groups in total. The van der Waals surface area contributed by atoms with Crippen LogP contribution in [0.4, 0.5) is 4.39 Å². The van der Waals surface area contributed by atoms with Crippen LogP contribution in [0.1, 0.15) is 10.8 Å². The van der Waals surface area contributed by atoms with E-state index in [2.05, 4.69) is 11.1 Å². The summed E-state index contributed by atoms with van der Waals surface area (Å²) in [6, 6.07) is 19.2.